The molecule has 1 aromatic heterocycles. The van der Waals surface area contributed by atoms with Gasteiger partial charge in [-0.3, -0.25) is 0 Å². The van der Waals surface area contributed by atoms with E-state index in [2.05, 4.69) is 72.3 Å². The molecule has 0 bridgehead atoms. The van der Waals surface area contributed by atoms with Crippen LogP contribution in [0.3, 0.4) is 0 Å². The molecule has 1 aliphatic rings. The Morgan fingerprint density at radius 3 is 2.29 bits per heavy atom. The van der Waals surface area contributed by atoms with Gasteiger partial charge in [0.2, 0.25) is 0 Å². The van der Waals surface area contributed by atoms with E-state index in [9.17, 15) is 0 Å². The van der Waals surface area contributed by atoms with E-state index in [4.69, 9.17) is 5.10 Å². The minimum absolute atomic E-state index is 0.618. The molecule has 0 atom stereocenters. The van der Waals surface area contributed by atoms with E-state index in [-0.39, 0.29) is 0 Å². The van der Waals surface area contributed by atoms with Crippen LogP contribution in [0, 0.1) is 6.92 Å². The number of rotatable bonds is 3. The molecule has 122 valence electrons. The van der Waals surface area contributed by atoms with Crippen molar-refractivity contribution >= 4 is 0 Å². The van der Waals surface area contributed by atoms with Gasteiger partial charge in [-0.25, -0.2) is 4.68 Å². The van der Waals surface area contributed by atoms with E-state index < -0.39 is 0 Å². The van der Waals surface area contributed by atoms with Gasteiger partial charge in [0.15, 0.2) is 0 Å². The Balaban J connectivity index is 1.80. The monoisotopic (exact) mass is 316 g/mol. The standard InChI is InChI=1S/C22H24N2/c1-17-12-14-20(15-13-17)24-22(19-10-6-3-7-11-19)16-21(23-24)18-8-4-2-5-9-18/h3,6-7,10-16,18H,2,4-5,8-9H2,1H3. The Hall–Kier alpha value is -2.35. The summed E-state index contributed by atoms with van der Waals surface area (Å²) in [5.41, 5.74) is 6.10. The minimum atomic E-state index is 0.618. The normalized spacial score (nSPS) is 15.5. The zero-order valence-corrected chi connectivity index (χ0v) is 14.3. The number of aryl methyl sites for hydroxylation is 1. The van der Waals surface area contributed by atoms with Crippen LogP contribution in [-0.2, 0) is 0 Å². The van der Waals surface area contributed by atoms with Crippen LogP contribution < -0.4 is 0 Å². The fourth-order valence-electron chi connectivity index (χ4n) is 3.69. The minimum Gasteiger partial charge on any atom is -0.233 e. The molecule has 1 fully saturated rings. The molecule has 0 amide bonds. The Labute approximate surface area is 144 Å². The van der Waals surface area contributed by atoms with Crippen molar-refractivity contribution < 1.29 is 0 Å². The molecule has 3 aromatic rings. The summed E-state index contributed by atoms with van der Waals surface area (Å²) in [6.07, 6.45) is 6.60. The Kier molecular flexibility index (Phi) is 4.20. The van der Waals surface area contributed by atoms with Crippen molar-refractivity contribution in [3.63, 3.8) is 0 Å². The summed E-state index contributed by atoms with van der Waals surface area (Å²) < 4.78 is 2.12. The van der Waals surface area contributed by atoms with Gasteiger partial charge >= 0.3 is 0 Å². The van der Waals surface area contributed by atoms with Crippen LogP contribution in [-0.4, -0.2) is 9.78 Å². The second-order valence-electron chi connectivity index (χ2n) is 6.90. The van der Waals surface area contributed by atoms with Crippen LogP contribution >= 0.6 is 0 Å². The first-order valence-corrected chi connectivity index (χ1v) is 9.04. The molecule has 1 heterocycles. The maximum Gasteiger partial charge on any atom is 0.0743 e. The van der Waals surface area contributed by atoms with E-state index in [0.29, 0.717) is 5.92 Å². The van der Waals surface area contributed by atoms with Crippen LogP contribution in [0.4, 0.5) is 0 Å². The van der Waals surface area contributed by atoms with E-state index in [1.54, 1.807) is 0 Å². The smallest absolute Gasteiger partial charge is 0.0743 e. The first kappa shape index (κ1) is 15.2. The predicted molar refractivity (Wildman–Crippen MR) is 99.6 cm³/mol. The molecule has 2 nitrogen and oxygen atoms in total. The number of hydrogen-bond acceptors (Lipinski definition) is 1. The van der Waals surface area contributed by atoms with Crippen molar-refractivity contribution in [2.75, 3.05) is 0 Å². The second-order valence-corrected chi connectivity index (χ2v) is 6.90. The Morgan fingerprint density at radius 2 is 1.58 bits per heavy atom. The lowest BCUT2D eigenvalue weighted by Gasteiger charge is -2.19. The van der Waals surface area contributed by atoms with Crippen LogP contribution in [0.25, 0.3) is 16.9 Å². The lowest BCUT2D eigenvalue weighted by Crippen LogP contribution is -2.06. The fraction of sp³-hybridized carbons (Fsp3) is 0.318. The van der Waals surface area contributed by atoms with Crippen LogP contribution in [0.5, 0.6) is 0 Å². The second kappa shape index (κ2) is 6.64. The molecule has 0 spiro atoms. The van der Waals surface area contributed by atoms with Crippen molar-refractivity contribution in [1.29, 1.82) is 0 Å². The van der Waals surface area contributed by atoms with Gasteiger partial charge in [0, 0.05) is 11.5 Å². The molecule has 0 aliphatic heterocycles. The third-order valence-corrected chi connectivity index (χ3v) is 5.10. The highest BCUT2D eigenvalue weighted by Crippen LogP contribution is 2.34. The Morgan fingerprint density at radius 1 is 0.875 bits per heavy atom. The lowest BCUT2D eigenvalue weighted by molar-refractivity contribution is 0.435. The summed E-state index contributed by atoms with van der Waals surface area (Å²) >= 11 is 0. The SMILES string of the molecule is Cc1ccc(-n2nc(C3CCCCC3)cc2-c2ccccc2)cc1. The molecule has 0 N–H and O–H groups in total. The van der Waals surface area contributed by atoms with Crippen LogP contribution in [0.1, 0.15) is 49.3 Å². The van der Waals surface area contributed by atoms with Crippen molar-refractivity contribution in [2.24, 2.45) is 0 Å². The quantitative estimate of drug-likeness (QED) is 0.588. The molecule has 0 radical (unpaired) electrons. The average molecular weight is 316 g/mol. The van der Waals surface area contributed by atoms with Gasteiger partial charge in [0.25, 0.3) is 0 Å². The molecule has 2 aromatic carbocycles. The molecule has 24 heavy (non-hydrogen) atoms. The highest BCUT2D eigenvalue weighted by Gasteiger charge is 2.21. The van der Waals surface area contributed by atoms with Gasteiger partial charge < -0.3 is 0 Å². The summed E-state index contributed by atoms with van der Waals surface area (Å²) in [6, 6.07) is 21.6. The third kappa shape index (κ3) is 3.01. The summed E-state index contributed by atoms with van der Waals surface area (Å²) in [5, 5.41) is 5.03. The molecule has 1 aliphatic carbocycles. The van der Waals surface area contributed by atoms with Crippen LogP contribution in [0.2, 0.25) is 0 Å². The van der Waals surface area contributed by atoms with E-state index >= 15 is 0 Å². The molecule has 0 saturated heterocycles. The third-order valence-electron chi connectivity index (χ3n) is 5.10. The fourth-order valence-corrected chi connectivity index (χ4v) is 3.69. The first-order valence-electron chi connectivity index (χ1n) is 9.04. The van der Waals surface area contributed by atoms with Crippen molar-refractivity contribution in [1.82, 2.24) is 9.78 Å². The van der Waals surface area contributed by atoms with Gasteiger partial charge in [-0.2, -0.15) is 5.10 Å². The van der Waals surface area contributed by atoms with Crippen molar-refractivity contribution in [3.8, 4) is 16.9 Å². The van der Waals surface area contributed by atoms with Gasteiger partial charge in [-0.1, -0.05) is 67.3 Å². The Bertz CT molecular complexity index is 794. The number of nitrogens with zero attached hydrogens (tertiary/aromatic N) is 2. The molecule has 1 saturated carbocycles. The van der Waals surface area contributed by atoms with Gasteiger partial charge in [0.1, 0.15) is 0 Å². The van der Waals surface area contributed by atoms with Crippen LogP contribution in [0.15, 0.2) is 60.7 Å². The molecular formula is C22H24N2. The number of hydrogen-bond donors (Lipinski definition) is 0. The predicted octanol–water partition coefficient (Wildman–Crippen LogP) is 5.90. The maximum absolute atomic E-state index is 5.03. The number of benzene rings is 2. The zero-order chi connectivity index (χ0) is 16.4. The highest BCUT2D eigenvalue weighted by molar-refractivity contribution is 5.63. The van der Waals surface area contributed by atoms with Gasteiger partial charge in [-0.15, -0.1) is 0 Å². The molecular weight excluding hydrogens is 292 g/mol. The molecule has 2 heteroatoms. The van der Waals surface area contributed by atoms with Crippen molar-refractivity contribution in [3.05, 3.63) is 71.9 Å². The molecule has 4 rings (SSSR count). The molecule has 0 unspecified atom stereocenters. The summed E-state index contributed by atoms with van der Waals surface area (Å²) in [6.45, 7) is 2.12. The average Bonchev–Trinajstić information content (AvgIpc) is 3.09. The van der Waals surface area contributed by atoms with Gasteiger partial charge in [0.05, 0.1) is 17.1 Å². The van der Waals surface area contributed by atoms with Crippen molar-refractivity contribution in [2.45, 2.75) is 44.9 Å². The van der Waals surface area contributed by atoms with E-state index in [1.807, 2.05) is 0 Å². The van der Waals surface area contributed by atoms with E-state index in [1.165, 1.54) is 54.6 Å². The summed E-state index contributed by atoms with van der Waals surface area (Å²) in [7, 11) is 0. The lowest BCUT2D eigenvalue weighted by atomic mass is 9.87. The topological polar surface area (TPSA) is 17.8 Å². The summed E-state index contributed by atoms with van der Waals surface area (Å²) in [5.74, 6) is 0.618. The summed E-state index contributed by atoms with van der Waals surface area (Å²) in [4.78, 5) is 0. The van der Waals surface area contributed by atoms with E-state index in [0.717, 1.165) is 5.69 Å². The number of aromatic nitrogens is 2. The maximum atomic E-state index is 5.03. The first-order chi connectivity index (χ1) is 11.8. The highest BCUT2D eigenvalue weighted by atomic mass is 15.3. The zero-order valence-electron chi connectivity index (χ0n) is 14.3. The largest absolute Gasteiger partial charge is 0.233 e. The van der Waals surface area contributed by atoms with Gasteiger partial charge in [-0.05, 0) is 38.0 Å².